The summed E-state index contributed by atoms with van der Waals surface area (Å²) in [6.07, 6.45) is 3.68. The summed E-state index contributed by atoms with van der Waals surface area (Å²) < 4.78 is 10.6. The normalized spacial score (nSPS) is 28.1. The second-order valence-corrected chi connectivity index (χ2v) is 7.84. The zero-order valence-electron chi connectivity index (χ0n) is 16.7. The predicted molar refractivity (Wildman–Crippen MR) is 104 cm³/mol. The van der Waals surface area contributed by atoms with Gasteiger partial charge >= 0.3 is 0 Å². The van der Waals surface area contributed by atoms with Crippen molar-refractivity contribution in [3.05, 3.63) is 18.2 Å². The lowest BCUT2D eigenvalue weighted by atomic mass is 9.77. The SMILES string of the molecule is COc1ccc(OC)c(NC(=O)[C@@H]2CC(=O)N([C@@H]3CCC[C@H](C)[C@@H]3C)C2)c1. The number of rotatable bonds is 5. The molecule has 0 bridgehead atoms. The third kappa shape index (κ3) is 4.04. The van der Waals surface area contributed by atoms with Gasteiger partial charge in [-0.05, 0) is 30.4 Å². The highest BCUT2D eigenvalue weighted by atomic mass is 16.5. The Bertz CT molecular complexity index is 705. The number of nitrogens with one attached hydrogen (secondary N) is 1. The third-order valence-electron chi connectivity index (χ3n) is 6.26. The van der Waals surface area contributed by atoms with Crippen molar-refractivity contribution in [2.24, 2.45) is 17.8 Å². The molecule has 3 rings (SSSR count). The number of hydrogen-bond donors (Lipinski definition) is 1. The smallest absolute Gasteiger partial charge is 0.229 e. The van der Waals surface area contributed by atoms with Crippen LogP contribution in [-0.4, -0.2) is 43.5 Å². The lowest BCUT2D eigenvalue weighted by Crippen LogP contribution is -2.45. The van der Waals surface area contributed by atoms with Gasteiger partial charge in [0.05, 0.1) is 25.8 Å². The molecule has 4 atom stereocenters. The number of benzene rings is 1. The molecule has 6 nitrogen and oxygen atoms in total. The highest BCUT2D eigenvalue weighted by Crippen LogP contribution is 2.36. The van der Waals surface area contributed by atoms with Crippen LogP contribution in [0.4, 0.5) is 5.69 Å². The van der Waals surface area contributed by atoms with Crippen molar-refractivity contribution < 1.29 is 19.1 Å². The molecule has 1 N–H and O–H groups in total. The largest absolute Gasteiger partial charge is 0.497 e. The first-order chi connectivity index (χ1) is 12.9. The van der Waals surface area contributed by atoms with E-state index in [-0.39, 0.29) is 30.2 Å². The Hall–Kier alpha value is -2.24. The van der Waals surface area contributed by atoms with Crippen LogP contribution in [0.25, 0.3) is 0 Å². The summed E-state index contributed by atoms with van der Waals surface area (Å²) in [5.41, 5.74) is 0.562. The molecular formula is C21H30N2O4. The van der Waals surface area contributed by atoms with Crippen molar-refractivity contribution in [3.63, 3.8) is 0 Å². The molecule has 148 valence electrons. The van der Waals surface area contributed by atoms with Crippen molar-refractivity contribution in [1.82, 2.24) is 4.90 Å². The summed E-state index contributed by atoms with van der Waals surface area (Å²) in [4.78, 5) is 27.4. The first-order valence-corrected chi connectivity index (χ1v) is 9.77. The average molecular weight is 374 g/mol. The number of ether oxygens (including phenoxy) is 2. The maximum Gasteiger partial charge on any atom is 0.229 e. The Morgan fingerprint density at radius 3 is 2.67 bits per heavy atom. The summed E-state index contributed by atoms with van der Waals surface area (Å²) in [5, 5.41) is 2.92. The Kier molecular flexibility index (Phi) is 5.92. The van der Waals surface area contributed by atoms with E-state index in [0.717, 1.165) is 12.8 Å². The molecule has 0 unspecified atom stereocenters. The minimum atomic E-state index is -0.335. The molecule has 1 saturated heterocycles. The zero-order valence-corrected chi connectivity index (χ0v) is 16.7. The van der Waals surface area contributed by atoms with Crippen molar-refractivity contribution in [1.29, 1.82) is 0 Å². The highest BCUT2D eigenvalue weighted by molar-refractivity contribution is 5.98. The molecule has 1 aromatic carbocycles. The van der Waals surface area contributed by atoms with E-state index in [1.807, 2.05) is 4.90 Å². The maximum absolute atomic E-state index is 12.8. The number of carbonyl (C=O) groups excluding carboxylic acids is 2. The van der Waals surface area contributed by atoms with Crippen molar-refractivity contribution in [2.45, 2.75) is 45.6 Å². The summed E-state index contributed by atoms with van der Waals surface area (Å²) in [5.74, 6) is 1.92. The molecule has 0 spiro atoms. The fraction of sp³-hybridized carbons (Fsp3) is 0.619. The van der Waals surface area contributed by atoms with Gasteiger partial charge in [0.15, 0.2) is 0 Å². The molecule has 2 fully saturated rings. The Labute approximate surface area is 161 Å². The standard InChI is InChI=1S/C21H30N2O4/c1-13-6-5-7-18(14(13)2)23-12-15(10-20(23)24)21(25)22-17-11-16(26-3)8-9-19(17)27-4/h8-9,11,13-15,18H,5-7,10,12H2,1-4H3,(H,22,25)/t13-,14-,15+,18+/m0/s1. The van der Waals surface area contributed by atoms with Gasteiger partial charge in [-0.3, -0.25) is 9.59 Å². The van der Waals surface area contributed by atoms with Crippen LogP contribution in [-0.2, 0) is 9.59 Å². The van der Waals surface area contributed by atoms with Gasteiger partial charge in [0.2, 0.25) is 11.8 Å². The number of nitrogens with zero attached hydrogens (tertiary/aromatic N) is 1. The third-order valence-corrected chi connectivity index (χ3v) is 6.26. The van der Waals surface area contributed by atoms with Crippen molar-refractivity contribution in [2.75, 3.05) is 26.1 Å². The number of methoxy groups -OCH3 is 2. The average Bonchev–Trinajstić information content (AvgIpc) is 3.05. The van der Waals surface area contributed by atoms with Gasteiger partial charge in [-0.15, -0.1) is 0 Å². The van der Waals surface area contributed by atoms with Gasteiger partial charge in [0, 0.05) is 25.1 Å². The van der Waals surface area contributed by atoms with Crippen LogP contribution in [0, 0.1) is 17.8 Å². The minimum absolute atomic E-state index is 0.0960. The molecule has 1 aromatic rings. The van der Waals surface area contributed by atoms with E-state index in [1.165, 1.54) is 6.42 Å². The number of likely N-dealkylation sites (tertiary alicyclic amines) is 1. The quantitative estimate of drug-likeness (QED) is 0.859. The molecule has 1 aliphatic carbocycles. The minimum Gasteiger partial charge on any atom is -0.497 e. The first-order valence-electron chi connectivity index (χ1n) is 9.77. The van der Waals surface area contributed by atoms with Gasteiger partial charge in [-0.1, -0.05) is 26.7 Å². The number of hydrogen-bond acceptors (Lipinski definition) is 4. The molecule has 2 amide bonds. The highest BCUT2D eigenvalue weighted by Gasteiger charge is 2.41. The number of amides is 2. The van der Waals surface area contributed by atoms with E-state index in [0.29, 0.717) is 35.6 Å². The molecule has 2 aliphatic rings. The van der Waals surface area contributed by atoms with Crippen LogP contribution >= 0.6 is 0 Å². The first kappa shape index (κ1) is 19.5. The molecule has 1 aliphatic heterocycles. The van der Waals surface area contributed by atoms with Crippen LogP contribution in [0.5, 0.6) is 11.5 Å². The van der Waals surface area contributed by atoms with Crippen LogP contribution in [0.2, 0.25) is 0 Å². The lowest BCUT2D eigenvalue weighted by molar-refractivity contribution is -0.131. The monoisotopic (exact) mass is 374 g/mol. The summed E-state index contributed by atoms with van der Waals surface area (Å²) in [6, 6.07) is 5.52. The summed E-state index contributed by atoms with van der Waals surface area (Å²) >= 11 is 0. The van der Waals surface area contributed by atoms with E-state index < -0.39 is 0 Å². The van der Waals surface area contributed by atoms with E-state index in [4.69, 9.17) is 9.47 Å². The van der Waals surface area contributed by atoms with Gasteiger partial charge in [0.25, 0.3) is 0 Å². The van der Waals surface area contributed by atoms with Crippen LogP contribution < -0.4 is 14.8 Å². The molecule has 1 heterocycles. The lowest BCUT2D eigenvalue weighted by Gasteiger charge is -2.40. The fourth-order valence-corrected chi connectivity index (χ4v) is 4.37. The van der Waals surface area contributed by atoms with Crippen LogP contribution in [0.1, 0.15) is 39.5 Å². The zero-order chi connectivity index (χ0) is 19.6. The molecule has 27 heavy (non-hydrogen) atoms. The van der Waals surface area contributed by atoms with Gasteiger partial charge in [0.1, 0.15) is 11.5 Å². The number of anilines is 1. The van der Waals surface area contributed by atoms with Crippen molar-refractivity contribution >= 4 is 17.5 Å². The summed E-state index contributed by atoms with van der Waals surface area (Å²) in [6.45, 7) is 4.99. The Morgan fingerprint density at radius 1 is 1.19 bits per heavy atom. The molecular weight excluding hydrogens is 344 g/mol. The molecule has 0 radical (unpaired) electrons. The second-order valence-electron chi connectivity index (χ2n) is 7.84. The predicted octanol–water partition coefficient (Wildman–Crippen LogP) is 3.32. The summed E-state index contributed by atoms with van der Waals surface area (Å²) in [7, 11) is 3.14. The maximum atomic E-state index is 12.8. The van der Waals surface area contributed by atoms with Gasteiger partial charge in [-0.25, -0.2) is 0 Å². The van der Waals surface area contributed by atoms with E-state index in [1.54, 1.807) is 32.4 Å². The molecule has 6 heteroatoms. The Balaban J connectivity index is 1.69. The van der Waals surface area contributed by atoms with Crippen LogP contribution in [0.15, 0.2) is 18.2 Å². The van der Waals surface area contributed by atoms with E-state index >= 15 is 0 Å². The van der Waals surface area contributed by atoms with Crippen molar-refractivity contribution in [3.8, 4) is 11.5 Å². The van der Waals surface area contributed by atoms with E-state index in [9.17, 15) is 9.59 Å². The fourth-order valence-electron chi connectivity index (χ4n) is 4.37. The second kappa shape index (κ2) is 8.19. The molecule has 0 aromatic heterocycles. The van der Waals surface area contributed by atoms with Crippen LogP contribution in [0.3, 0.4) is 0 Å². The number of carbonyl (C=O) groups is 2. The van der Waals surface area contributed by atoms with Gasteiger partial charge in [-0.2, -0.15) is 0 Å². The topological polar surface area (TPSA) is 67.9 Å². The Morgan fingerprint density at radius 2 is 1.96 bits per heavy atom. The van der Waals surface area contributed by atoms with E-state index in [2.05, 4.69) is 19.2 Å². The van der Waals surface area contributed by atoms with Gasteiger partial charge < -0.3 is 19.7 Å². The molecule has 1 saturated carbocycles.